The van der Waals surface area contributed by atoms with E-state index < -0.39 is 29.6 Å². The lowest BCUT2D eigenvalue weighted by Gasteiger charge is -2.59. The number of aliphatic carboxylic acids is 1. The maximum atomic E-state index is 13.3. The number of carboxylic acid groups (broad SMARTS) is 1. The van der Waals surface area contributed by atoms with Crippen molar-refractivity contribution in [2.45, 2.75) is 63.5 Å². The van der Waals surface area contributed by atoms with Gasteiger partial charge in [-0.25, -0.2) is 9.59 Å². The Morgan fingerprint density at radius 3 is 2.06 bits per heavy atom. The van der Waals surface area contributed by atoms with E-state index in [1.165, 1.54) is 0 Å². The van der Waals surface area contributed by atoms with Crippen molar-refractivity contribution in [2.75, 3.05) is 6.61 Å². The zero-order valence-corrected chi connectivity index (χ0v) is 20.2. The number of nitrogens with one attached hydrogen (secondary N) is 2. The number of ether oxygens (including phenoxy) is 1. The van der Waals surface area contributed by atoms with Crippen LogP contribution in [0.4, 0.5) is 4.79 Å². The van der Waals surface area contributed by atoms with E-state index in [-0.39, 0.29) is 23.9 Å². The molecule has 2 aromatic rings. The third kappa shape index (κ3) is 4.07. The second-order valence-corrected chi connectivity index (χ2v) is 10.8. The first-order valence-corrected chi connectivity index (χ1v) is 12.4. The quantitative estimate of drug-likeness (QED) is 0.548. The third-order valence-corrected chi connectivity index (χ3v) is 8.11. The molecule has 0 radical (unpaired) electrons. The van der Waals surface area contributed by atoms with Crippen molar-refractivity contribution < 1.29 is 24.2 Å². The molecule has 0 aromatic heterocycles. The second kappa shape index (κ2) is 8.70. The van der Waals surface area contributed by atoms with Gasteiger partial charge in [0.2, 0.25) is 5.91 Å². The van der Waals surface area contributed by atoms with Crippen LogP contribution >= 0.6 is 0 Å². The fourth-order valence-electron chi connectivity index (χ4n) is 6.19. The number of hydrogen-bond acceptors (Lipinski definition) is 4. The fraction of sp³-hybridized carbons (Fsp3) is 0.464. The van der Waals surface area contributed by atoms with Crippen LogP contribution in [-0.4, -0.2) is 41.3 Å². The Hall–Kier alpha value is -3.35. The van der Waals surface area contributed by atoms with E-state index >= 15 is 0 Å². The number of carbonyl (C=O) groups excluding carboxylic acids is 2. The summed E-state index contributed by atoms with van der Waals surface area (Å²) < 4.78 is 5.69. The average Bonchev–Trinajstić information content (AvgIpc) is 3.10. The summed E-state index contributed by atoms with van der Waals surface area (Å²) in [6, 6.07) is 15.2. The monoisotopic (exact) mass is 476 g/mol. The number of hydrogen-bond donors (Lipinski definition) is 3. The van der Waals surface area contributed by atoms with Crippen LogP contribution in [0.3, 0.4) is 0 Å². The largest absolute Gasteiger partial charge is 0.480 e. The van der Waals surface area contributed by atoms with E-state index in [0.717, 1.165) is 41.5 Å². The Labute approximate surface area is 205 Å². The van der Waals surface area contributed by atoms with E-state index in [2.05, 4.69) is 34.9 Å². The van der Waals surface area contributed by atoms with E-state index in [1.54, 1.807) is 13.8 Å². The van der Waals surface area contributed by atoms with Crippen molar-refractivity contribution in [3.05, 3.63) is 59.7 Å². The predicted molar refractivity (Wildman–Crippen MR) is 131 cm³/mol. The normalized spacial score (nSPS) is 19.6. The maximum Gasteiger partial charge on any atom is 0.408 e. The van der Waals surface area contributed by atoms with Gasteiger partial charge in [0.05, 0.1) is 0 Å². The second-order valence-electron chi connectivity index (χ2n) is 10.8. The molecule has 35 heavy (non-hydrogen) atoms. The smallest absolute Gasteiger partial charge is 0.408 e. The molecular formula is C28H32N2O5. The highest BCUT2D eigenvalue weighted by molar-refractivity contribution is 5.94. The molecule has 0 aliphatic heterocycles. The van der Waals surface area contributed by atoms with Gasteiger partial charge >= 0.3 is 12.1 Å². The molecule has 7 nitrogen and oxygen atoms in total. The van der Waals surface area contributed by atoms with Gasteiger partial charge in [0.1, 0.15) is 18.2 Å². The number of alkyl carbamates (subject to hydrolysis) is 1. The number of rotatable bonds is 7. The van der Waals surface area contributed by atoms with Gasteiger partial charge in [-0.2, -0.15) is 0 Å². The molecule has 2 fully saturated rings. The molecule has 2 amide bonds. The zero-order valence-electron chi connectivity index (χ0n) is 20.2. The molecule has 1 atom stereocenters. The first kappa shape index (κ1) is 23.4. The zero-order chi connectivity index (χ0) is 24.8. The van der Waals surface area contributed by atoms with Crippen LogP contribution in [0.25, 0.3) is 11.1 Å². The van der Waals surface area contributed by atoms with Crippen LogP contribution in [0.5, 0.6) is 0 Å². The number of carbonyl (C=O) groups is 3. The van der Waals surface area contributed by atoms with Gasteiger partial charge in [-0.3, -0.25) is 4.79 Å². The summed E-state index contributed by atoms with van der Waals surface area (Å²) in [6.07, 6.45) is 3.56. The van der Waals surface area contributed by atoms with Crippen molar-refractivity contribution in [3.8, 4) is 11.1 Å². The molecule has 5 rings (SSSR count). The van der Waals surface area contributed by atoms with Gasteiger partial charge in [-0.05, 0) is 59.3 Å². The SMILES string of the molecule is CC(C)[C@H](NC(=O)C1(NC(=O)OCC2c3ccccc3-c3ccccc32)CC2(CCC2)C1)C(=O)O. The van der Waals surface area contributed by atoms with Crippen LogP contribution in [-0.2, 0) is 14.3 Å². The fourth-order valence-corrected chi connectivity index (χ4v) is 6.19. The van der Waals surface area contributed by atoms with E-state index in [0.29, 0.717) is 12.8 Å². The summed E-state index contributed by atoms with van der Waals surface area (Å²) in [5.41, 5.74) is 3.47. The molecule has 2 aromatic carbocycles. The summed E-state index contributed by atoms with van der Waals surface area (Å²) in [5, 5.41) is 15.0. The lowest BCUT2D eigenvalue weighted by atomic mass is 9.48. The molecule has 0 saturated heterocycles. The molecule has 2 saturated carbocycles. The topological polar surface area (TPSA) is 105 Å². The Kier molecular flexibility index (Phi) is 5.82. The summed E-state index contributed by atoms with van der Waals surface area (Å²) >= 11 is 0. The minimum atomic E-state index is -1.13. The Morgan fingerprint density at radius 1 is 1.00 bits per heavy atom. The van der Waals surface area contributed by atoms with Gasteiger partial charge in [0.15, 0.2) is 0 Å². The van der Waals surface area contributed by atoms with Gasteiger partial charge in [0, 0.05) is 5.92 Å². The standard InChI is InChI=1S/C28H32N2O5/c1-17(2)23(24(31)32)29-25(33)28(15-27(16-28)12-7-13-27)30-26(34)35-14-22-20-10-5-3-8-18(20)19-9-4-6-11-21(19)22/h3-6,8-11,17,22-23H,7,12-16H2,1-2H3,(H,29,33)(H,30,34)(H,31,32)/t23-/m0/s1. The number of amides is 2. The summed E-state index contributed by atoms with van der Waals surface area (Å²) in [4.78, 5) is 37.9. The molecular weight excluding hydrogens is 444 g/mol. The first-order chi connectivity index (χ1) is 16.7. The number of benzene rings is 2. The number of carboxylic acids is 1. The first-order valence-electron chi connectivity index (χ1n) is 12.4. The Morgan fingerprint density at radius 2 is 1.57 bits per heavy atom. The minimum Gasteiger partial charge on any atom is -0.480 e. The molecule has 3 N–H and O–H groups in total. The van der Waals surface area contributed by atoms with Crippen LogP contribution in [0, 0.1) is 11.3 Å². The molecule has 184 valence electrons. The van der Waals surface area contributed by atoms with Gasteiger partial charge < -0.3 is 20.5 Å². The molecule has 3 aliphatic rings. The van der Waals surface area contributed by atoms with E-state index in [1.807, 2.05) is 24.3 Å². The van der Waals surface area contributed by atoms with Crippen LogP contribution in [0.2, 0.25) is 0 Å². The van der Waals surface area contributed by atoms with E-state index in [9.17, 15) is 19.5 Å². The van der Waals surface area contributed by atoms with Crippen LogP contribution in [0.1, 0.15) is 63.0 Å². The number of fused-ring (bicyclic) bond motifs is 3. The molecule has 7 heteroatoms. The lowest BCUT2D eigenvalue weighted by Crippen LogP contribution is -2.71. The lowest BCUT2D eigenvalue weighted by molar-refractivity contribution is -0.150. The molecule has 0 unspecified atom stereocenters. The third-order valence-electron chi connectivity index (χ3n) is 8.11. The highest BCUT2D eigenvalue weighted by Gasteiger charge is 2.62. The molecule has 1 spiro atoms. The highest BCUT2D eigenvalue weighted by atomic mass is 16.5. The summed E-state index contributed by atoms with van der Waals surface area (Å²) in [7, 11) is 0. The van der Waals surface area contributed by atoms with E-state index in [4.69, 9.17) is 4.74 Å². The van der Waals surface area contributed by atoms with Crippen LogP contribution in [0.15, 0.2) is 48.5 Å². The predicted octanol–water partition coefficient (Wildman–Crippen LogP) is 4.45. The van der Waals surface area contributed by atoms with Crippen molar-refractivity contribution >= 4 is 18.0 Å². The maximum absolute atomic E-state index is 13.3. The van der Waals surface area contributed by atoms with Gasteiger partial charge in [-0.15, -0.1) is 0 Å². The Balaban J connectivity index is 1.29. The minimum absolute atomic E-state index is 0.0739. The summed E-state index contributed by atoms with van der Waals surface area (Å²) in [5.74, 6) is -1.87. The molecule has 0 bridgehead atoms. The summed E-state index contributed by atoms with van der Waals surface area (Å²) in [6.45, 7) is 3.66. The van der Waals surface area contributed by atoms with Gasteiger partial charge in [0.25, 0.3) is 0 Å². The van der Waals surface area contributed by atoms with Crippen molar-refractivity contribution in [1.29, 1.82) is 0 Å². The average molecular weight is 477 g/mol. The van der Waals surface area contributed by atoms with Gasteiger partial charge in [-0.1, -0.05) is 68.8 Å². The molecule has 0 heterocycles. The Bertz CT molecular complexity index is 1120. The highest BCUT2D eigenvalue weighted by Crippen LogP contribution is 2.60. The van der Waals surface area contributed by atoms with Crippen molar-refractivity contribution in [2.24, 2.45) is 11.3 Å². The van der Waals surface area contributed by atoms with Crippen molar-refractivity contribution in [1.82, 2.24) is 10.6 Å². The van der Waals surface area contributed by atoms with Crippen molar-refractivity contribution in [3.63, 3.8) is 0 Å². The van der Waals surface area contributed by atoms with Crippen LogP contribution < -0.4 is 10.6 Å². The molecule has 3 aliphatic carbocycles.